The molecule has 0 aromatic carbocycles. The molecule has 110 valence electrons. The molecule has 4 heteroatoms. The van der Waals surface area contributed by atoms with E-state index in [4.69, 9.17) is 4.74 Å². The molecule has 2 fully saturated rings. The number of hydrogen-bond acceptors (Lipinski definition) is 3. The lowest BCUT2D eigenvalue weighted by Crippen LogP contribution is -2.47. The number of ether oxygens (including phenoxy) is 1. The lowest BCUT2D eigenvalue weighted by Gasteiger charge is -2.30. The van der Waals surface area contributed by atoms with Gasteiger partial charge in [-0.3, -0.25) is 9.69 Å². The number of likely N-dealkylation sites (tertiary alicyclic amines) is 1. The summed E-state index contributed by atoms with van der Waals surface area (Å²) in [5, 5.41) is 3.20. The number of rotatable bonds is 6. The second kappa shape index (κ2) is 6.71. The molecule has 1 heterocycles. The maximum Gasteiger partial charge on any atom is 0.237 e. The van der Waals surface area contributed by atoms with Crippen LogP contribution in [0.15, 0.2) is 0 Å². The molecular weight excluding hydrogens is 240 g/mol. The van der Waals surface area contributed by atoms with Gasteiger partial charge < -0.3 is 10.1 Å². The van der Waals surface area contributed by atoms with Gasteiger partial charge in [-0.1, -0.05) is 19.8 Å². The summed E-state index contributed by atoms with van der Waals surface area (Å²) in [5.41, 5.74) is 0.195. The van der Waals surface area contributed by atoms with Crippen LogP contribution in [0, 0.1) is 5.41 Å². The summed E-state index contributed by atoms with van der Waals surface area (Å²) in [6, 6.07) is 0.103. The molecule has 0 aromatic rings. The maximum atomic E-state index is 12.3. The van der Waals surface area contributed by atoms with Crippen molar-refractivity contribution < 1.29 is 9.53 Å². The SMILES string of the molecule is CCN1CCC[C@H]1C(=O)NCC1(COC)CCCC1. The fourth-order valence-corrected chi connectivity index (χ4v) is 3.70. The van der Waals surface area contributed by atoms with Crippen LogP contribution in [0.2, 0.25) is 0 Å². The van der Waals surface area contributed by atoms with Gasteiger partial charge in [0.1, 0.15) is 0 Å². The van der Waals surface area contributed by atoms with Crippen LogP contribution >= 0.6 is 0 Å². The van der Waals surface area contributed by atoms with Crippen molar-refractivity contribution in [2.75, 3.05) is 33.4 Å². The average molecular weight is 268 g/mol. The third-order valence-corrected chi connectivity index (χ3v) is 4.82. The van der Waals surface area contributed by atoms with Crippen molar-refractivity contribution in [2.45, 2.75) is 51.5 Å². The van der Waals surface area contributed by atoms with Crippen LogP contribution in [0.4, 0.5) is 0 Å². The molecule has 1 aliphatic carbocycles. The van der Waals surface area contributed by atoms with E-state index in [1.54, 1.807) is 7.11 Å². The molecule has 1 saturated carbocycles. The van der Waals surface area contributed by atoms with Crippen LogP contribution in [0.5, 0.6) is 0 Å². The van der Waals surface area contributed by atoms with Gasteiger partial charge >= 0.3 is 0 Å². The van der Waals surface area contributed by atoms with Gasteiger partial charge in [-0.15, -0.1) is 0 Å². The van der Waals surface area contributed by atoms with Crippen molar-refractivity contribution in [3.05, 3.63) is 0 Å². The van der Waals surface area contributed by atoms with Gasteiger partial charge in [0, 0.05) is 19.1 Å². The number of methoxy groups -OCH3 is 1. The molecule has 0 aromatic heterocycles. The molecular formula is C15H28N2O2. The second-order valence-electron chi connectivity index (χ2n) is 6.14. The molecule has 1 amide bonds. The molecule has 4 nitrogen and oxygen atoms in total. The van der Waals surface area contributed by atoms with Crippen molar-refractivity contribution in [2.24, 2.45) is 5.41 Å². The van der Waals surface area contributed by atoms with E-state index in [1.807, 2.05) is 0 Å². The van der Waals surface area contributed by atoms with E-state index in [2.05, 4.69) is 17.1 Å². The van der Waals surface area contributed by atoms with Gasteiger partial charge in [0.05, 0.1) is 12.6 Å². The van der Waals surface area contributed by atoms with Gasteiger partial charge in [0.15, 0.2) is 0 Å². The highest BCUT2D eigenvalue weighted by atomic mass is 16.5. The summed E-state index contributed by atoms with van der Waals surface area (Å²) < 4.78 is 5.37. The Balaban J connectivity index is 1.85. The van der Waals surface area contributed by atoms with E-state index in [0.717, 1.165) is 39.1 Å². The maximum absolute atomic E-state index is 12.3. The fourth-order valence-electron chi connectivity index (χ4n) is 3.70. The minimum Gasteiger partial charge on any atom is -0.384 e. The normalized spacial score (nSPS) is 26.7. The Bertz CT molecular complexity index is 301. The minimum atomic E-state index is 0.103. The molecule has 2 rings (SSSR count). The highest BCUT2D eigenvalue weighted by Gasteiger charge is 2.36. The van der Waals surface area contributed by atoms with Crippen molar-refractivity contribution in [1.82, 2.24) is 10.2 Å². The first-order valence-electron chi connectivity index (χ1n) is 7.71. The number of carbonyl (C=O) groups excluding carboxylic acids is 1. The predicted molar refractivity (Wildman–Crippen MR) is 76.1 cm³/mol. The Morgan fingerprint density at radius 3 is 2.74 bits per heavy atom. The molecule has 0 unspecified atom stereocenters. The highest BCUT2D eigenvalue weighted by molar-refractivity contribution is 5.82. The van der Waals surface area contributed by atoms with Gasteiger partial charge in [0.2, 0.25) is 5.91 Å². The summed E-state index contributed by atoms with van der Waals surface area (Å²) in [4.78, 5) is 14.6. The van der Waals surface area contributed by atoms with Crippen molar-refractivity contribution in [3.8, 4) is 0 Å². The van der Waals surface area contributed by atoms with Crippen molar-refractivity contribution in [3.63, 3.8) is 0 Å². The molecule has 1 saturated heterocycles. The first-order valence-corrected chi connectivity index (χ1v) is 7.71. The Labute approximate surface area is 116 Å². The van der Waals surface area contributed by atoms with Crippen LogP contribution in [0.1, 0.15) is 45.4 Å². The minimum absolute atomic E-state index is 0.103. The number of likely N-dealkylation sites (N-methyl/N-ethyl adjacent to an activating group) is 1. The molecule has 0 radical (unpaired) electrons. The standard InChI is InChI=1S/C15H28N2O2/c1-3-17-10-6-7-13(17)14(18)16-11-15(12-19-2)8-4-5-9-15/h13H,3-12H2,1-2H3,(H,16,18)/t13-/m0/s1. The van der Waals surface area contributed by atoms with Gasteiger partial charge in [0.25, 0.3) is 0 Å². The number of hydrogen-bond donors (Lipinski definition) is 1. The van der Waals surface area contributed by atoms with Gasteiger partial charge in [-0.2, -0.15) is 0 Å². The smallest absolute Gasteiger partial charge is 0.237 e. The van der Waals surface area contributed by atoms with Gasteiger partial charge in [-0.05, 0) is 38.8 Å². The first kappa shape index (κ1) is 14.8. The Hall–Kier alpha value is -0.610. The summed E-state index contributed by atoms with van der Waals surface area (Å²) in [6.45, 7) is 5.73. The zero-order valence-electron chi connectivity index (χ0n) is 12.4. The van der Waals surface area contributed by atoms with Crippen LogP contribution in [-0.2, 0) is 9.53 Å². The summed E-state index contributed by atoms with van der Waals surface area (Å²) in [7, 11) is 1.76. The molecule has 0 spiro atoms. The van der Waals surface area contributed by atoms with E-state index in [0.29, 0.717) is 0 Å². The monoisotopic (exact) mass is 268 g/mol. The largest absolute Gasteiger partial charge is 0.384 e. The number of nitrogens with one attached hydrogen (secondary N) is 1. The topological polar surface area (TPSA) is 41.6 Å². The quantitative estimate of drug-likeness (QED) is 0.798. The predicted octanol–water partition coefficient (Wildman–Crippen LogP) is 1.79. The van der Waals surface area contributed by atoms with E-state index >= 15 is 0 Å². The van der Waals surface area contributed by atoms with Crippen LogP contribution in [0.3, 0.4) is 0 Å². The third-order valence-electron chi connectivity index (χ3n) is 4.82. The van der Waals surface area contributed by atoms with E-state index in [-0.39, 0.29) is 17.4 Å². The summed E-state index contributed by atoms with van der Waals surface area (Å²) in [6.07, 6.45) is 7.06. The van der Waals surface area contributed by atoms with Crippen molar-refractivity contribution >= 4 is 5.91 Å². The van der Waals surface area contributed by atoms with Gasteiger partial charge in [-0.25, -0.2) is 0 Å². The third kappa shape index (κ3) is 3.48. The molecule has 19 heavy (non-hydrogen) atoms. The zero-order valence-corrected chi connectivity index (χ0v) is 12.4. The number of nitrogens with zero attached hydrogens (tertiary/aromatic N) is 1. The molecule has 2 aliphatic rings. The van der Waals surface area contributed by atoms with Crippen LogP contribution < -0.4 is 5.32 Å². The molecule has 0 bridgehead atoms. The zero-order chi connectivity index (χ0) is 13.7. The molecule has 1 atom stereocenters. The second-order valence-corrected chi connectivity index (χ2v) is 6.14. The van der Waals surface area contributed by atoms with E-state index < -0.39 is 0 Å². The first-order chi connectivity index (χ1) is 9.21. The lowest BCUT2D eigenvalue weighted by molar-refractivity contribution is -0.126. The Morgan fingerprint density at radius 1 is 1.37 bits per heavy atom. The fraction of sp³-hybridized carbons (Fsp3) is 0.933. The number of amides is 1. The highest BCUT2D eigenvalue weighted by Crippen LogP contribution is 2.37. The Kier molecular flexibility index (Phi) is 5.22. The van der Waals surface area contributed by atoms with Crippen molar-refractivity contribution in [1.29, 1.82) is 0 Å². The Morgan fingerprint density at radius 2 is 2.11 bits per heavy atom. The van der Waals surface area contributed by atoms with Crippen LogP contribution in [0.25, 0.3) is 0 Å². The molecule has 1 aliphatic heterocycles. The number of carbonyl (C=O) groups is 1. The van der Waals surface area contributed by atoms with E-state index in [9.17, 15) is 4.79 Å². The van der Waals surface area contributed by atoms with E-state index in [1.165, 1.54) is 25.7 Å². The van der Waals surface area contributed by atoms with Crippen LogP contribution in [-0.4, -0.2) is 50.2 Å². The lowest BCUT2D eigenvalue weighted by atomic mass is 9.87. The summed E-state index contributed by atoms with van der Waals surface area (Å²) >= 11 is 0. The summed E-state index contributed by atoms with van der Waals surface area (Å²) in [5.74, 6) is 0.224. The average Bonchev–Trinajstić information content (AvgIpc) is 3.05. The molecule has 1 N–H and O–H groups in total.